The molecule has 0 aromatic heterocycles. The van der Waals surface area contributed by atoms with Crippen LogP contribution in [0.3, 0.4) is 0 Å². The molecule has 0 unspecified atom stereocenters. The van der Waals surface area contributed by atoms with Crippen LogP contribution in [-0.2, 0) is 11.3 Å². The number of anilines is 1. The first kappa shape index (κ1) is 16.8. The summed E-state index contributed by atoms with van der Waals surface area (Å²) in [7, 11) is 0. The van der Waals surface area contributed by atoms with Gasteiger partial charge in [0.15, 0.2) is 0 Å². The first-order valence-electron chi connectivity index (χ1n) is 7.42. The van der Waals surface area contributed by atoms with Crippen molar-refractivity contribution < 1.29 is 19.5 Å². The third-order valence-corrected chi connectivity index (χ3v) is 4.33. The van der Waals surface area contributed by atoms with Gasteiger partial charge < -0.3 is 10.4 Å². The number of benzene rings is 2. The van der Waals surface area contributed by atoms with Crippen molar-refractivity contribution in [2.24, 2.45) is 0 Å². The molecule has 7 heteroatoms. The van der Waals surface area contributed by atoms with Gasteiger partial charge in [-0.1, -0.05) is 24.3 Å². The van der Waals surface area contributed by atoms with E-state index in [1.807, 2.05) is 24.3 Å². The van der Waals surface area contributed by atoms with Crippen molar-refractivity contribution in [3.05, 3.63) is 70.1 Å². The SMILES string of the molecule is O=C1NC(=O)/C(=C/c2cccc(NCc3ccc(C(=O)O)cc3)c2)S1. The van der Waals surface area contributed by atoms with E-state index in [1.54, 1.807) is 30.3 Å². The number of rotatable bonds is 5. The normalized spacial score (nSPS) is 15.3. The van der Waals surface area contributed by atoms with E-state index in [4.69, 9.17) is 5.11 Å². The molecule has 2 amide bonds. The van der Waals surface area contributed by atoms with Gasteiger partial charge in [-0.15, -0.1) is 0 Å². The highest BCUT2D eigenvalue weighted by atomic mass is 32.2. The van der Waals surface area contributed by atoms with E-state index >= 15 is 0 Å². The molecule has 0 atom stereocenters. The maximum absolute atomic E-state index is 11.6. The molecule has 25 heavy (non-hydrogen) atoms. The van der Waals surface area contributed by atoms with Gasteiger partial charge in [-0.05, 0) is 53.2 Å². The van der Waals surface area contributed by atoms with Crippen molar-refractivity contribution in [2.45, 2.75) is 6.54 Å². The first-order chi connectivity index (χ1) is 12.0. The number of carboxylic acids is 1. The number of amides is 2. The van der Waals surface area contributed by atoms with Crippen LogP contribution >= 0.6 is 11.8 Å². The van der Waals surface area contributed by atoms with Gasteiger partial charge >= 0.3 is 5.97 Å². The average Bonchev–Trinajstić information content (AvgIpc) is 2.91. The smallest absolute Gasteiger partial charge is 0.335 e. The molecule has 0 spiro atoms. The maximum atomic E-state index is 11.6. The maximum Gasteiger partial charge on any atom is 0.335 e. The molecule has 0 bridgehead atoms. The zero-order valence-corrected chi connectivity index (χ0v) is 13.8. The topological polar surface area (TPSA) is 95.5 Å². The van der Waals surface area contributed by atoms with Crippen molar-refractivity contribution >= 4 is 40.6 Å². The van der Waals surface area contributed by atoms with Gasteiger partial charge in [0.05, 0.1) is 10.5 Å². The summed E-state index contributed by atoms with van der Waals surface area (Å²) < 4.78 is 0. The van der Waals surface area contributed by atoms with Crippen molar-refractivity contribution in [1.82, 2.24) is 5.32 Å². The molecule has 1 fully saturated rings. The Hall–Kier alpha value is -3.06. The summed E-state index contributed by atoms with van der Waals surface area (Å²) in [6.07, 6.45) is 1.66. The number of carboxylic acid groups (broad SMARTS) is 1. The third-order valence-electron chi connectivity index (χ3n) is 3.52. The summed E-state index contributed by atoms with van der Waals surface area (Å²) in [6, 6.07) is 14.1. The molecule has 1 heterocycles. The van der Waals surface area contributed by atoms with Crippen LogP contribution in [0.5, 0.6) is 0 Å². The van der Waals surface area contributed by atoms with Crippen molar-refractivity contribution in [1.29, 1.82) is 0 Å². The lowest BCUT2D eigenvalue weighted by molar-refractivity contribution is -0.115. The Morgan fingerprint density at radius 2 is 1.92 bits per heavy atom. The number of carbonyl (C=O) groups excluding carboxylic acids is 2. The molecule has 1 saturated heterocycles. The summed E-state index contributed by atoms with van der Waals surface area (Å²) in [5, 5.41) is 14.0. The number of thioether (sulfide) groups is 1. The van der Waals surface area contributed by atoms with Crippen LogP contribution in [0, 0.1) is 0 Å². The molecular weight excluding hydrogens is 340 g/mol. The predicted molar refractivity (Wildman–Crippen MR) is 96.3 cm³/mol. The number of imide groups is 1. The lowest BCUT2D eigenvalue weighted by atomic mass is 10.1. The molecule has 126 valence electrons. The third kappa shape index (κ3) is 4.27. The fourth-order valence-electron chi connectivity index (χ4n) is 2.28. The minimum Gasteiger partial charge on any atom is -0.478 e. The molecular formula is C18H14N2O4S. The highest BCUT2D eigenvalue weighted by Gasteiger charge is 2.24. The average molecular weight is 354 g/mol. The van der Waals surface area contributed by atoms with E-state index < -0.39 is 5.97 Å². The summed E-state index contributed by atoms with van der Waals surface area (Å²) in [5.74, 6) is -1.33. The van der Waals surface area contributed by atoms with Crippen LogP contribution in [0.15, 0.2) is 53.4 Å². The van der Waals surface area contributed by atoms with Gasteiger partial charge in [0.2, 0.25) is 0 Å². The fraction of sp³-hybridized carbons (Fsp3) is 0.0556. The minimum atomic E-state index is -0.951. The van der Waals surface area contributed by atoms with Crippen LogP contribution in [-0.4, -0.2) is 22.2 Å². The number of hydrogen-bond acceptors (Lipinski definition) is 5. The first-order valence-corrected chi connectivity index (χ1v) is 8.24. The Morgan fingerprint density at radius 1 is 1.16 bits per heavy atom. The highest BCUT2D eigenvalue weighted by molar-refractivity contribution is 8.18. The molecule has 3 N–H and O–H groups in total. The van der Waals surface area contributed by atoms with E-state index in [0.717, 1.165) is 28.6 Å². The van der Waals surface area contributed by atoms with Crippen LogP contribution in [0.4, 0.5) is 10.5 Å². The lowest BCUT2D eigenvalue weighted by Crippen LogP contribution is -2.17. The van der Waals surface area contributed by atoms with E-state index in [1.165, 1.54) is 0 Å². The molecule has 2 aromatic carbocycles. The Labute approximate surface area is 147 Å². The van der Waals surface area contributed by atoms with E-state index in [-0.39, 0.29) is 16.7 Å². The Balaban J connectivity index is 1.68. The molecule has 2 aromatic rings. The summed E-state index contributed by atoms with van der Waals surface area (Å²) in [6.45, 7) is 0.535. The zero-order valence-electron chi connectivity index (χ0n) is 13.0. The van der Waals surface area contributed by atoms with Gasteiger partial charge in [0.1, 0.15) is 0 Å². The Kier molecular flexibility index (Phi) is 4.85. The van der Waals surface area contributed by atoms with Crippen molar-refractivity contribution in [3.8, 4) is 0 Å². The van der Waals surface area contributed by atoms with Crippen molar-refractivity contribution in [2.75, 3.05) is 5.32 Å². The summed E-state index contributed by atoms with van der Waals surface area (Å²) >= 11 is 0.881. The largest absolute Gasteiger partial charge is 0.478 e. The second-order valence-electron chi connectivity index (χ2n) is 5.33. The minimum absolute atomic E-state index is 0.249. The van der Waals surface area contributed by atoms with Crippen LogP contribution in [0.1, 0.15) is 21.5 Å². The monoisotopic (exact) mass is 354 g/mol. The molecule has 3 rings (SSSR count). The van der Waals surface area contributed by atoms with Gasteiger partial charge in [0.25, 0.3) is 11.1 Å². The van der Waals surface area contributed by atoms with Crippen LogP contribution < -0.4 is 10.6 Å². The number of nitrogens with one attached hydrogen (secondary N) is 2. The van der Waals surface area contributed by atoms with Crippen molar-refractivity contribution in [3.63, 3.8) is 0 Å². The van der Waals surface area contributed by atoms with Crippen LogP contribution in [0.2, 0.25) is 0 Å². The van der Waals surface area contributed by atoms with Gasteiger partial charge in [-0.25, -0.2) is 4.79 Å². The summed E-state index contributed by atoms with van der Waals surface area (Å²) in [5.41, 5.74) is 2.86. The standard InChI is InChI=1S/C18H14N2O4S/c21-16-15(25-18(24)20-16)9-12-2-1-3-14(8-12)19-10-11-4-6-13(7-5-11)17(22)23/h1-9,19H,10H2,(H,22,23)(H,20,21,24)/b15-9-. The van der Waals surface area contributed by atoms with Crippen LogP contribution in [0.25, 0.3) is 6.08 Å². The van der Waals surface area contributed by atoms with E-state index in [2.05, 4.69) is 10.6 Å². The molecule has 0 saturated carbocycles. The number of aromatic carboxylic acids is 1. The quantitative estimate of drug-likeness (QED) is 0.713. The predicted octanol–water partition coefficient (Wildman–Crippen LogP) is 3.32. The second-order valence-corrected chi connectivity index (χ2v) is 6.35. The van der Waals surface area contributed by atoms with Gasteiger partial charge in [-0.2, -0.15) is 0 Å². The second kappa shape index (κ2) is 7.23. The van der Waals surface area contributed by atoms with Gasteiger partial charge in [-0.3, -0.25) is 14.9 Å². The van der Waals surface area contributed by atoms with Gasteiger partial charge in [0, 0.05) is 12.2 Å². The Morgan fingerprint density at radius 3 is 2.56 bits per heavy atom. The van der Waals surface area contributed by atoms with E-state index in [0.29, 0.717) is 11.4 Å². The number of carbonyl (C=O) groups is 3. The molecule has 1 aliphatic rings. The molecule has 1 aliphatic heterocycles. The fourth-order valence-corrected chi connectivity index (χ4v) is 2.96. The zero-order chi connectivity index (χ0) is 17.8. The molecule has 0 radical (unpaired) electrons. The Bertz CT molecular complexity index is 875. The molecule has 0 aliphatic carbocycles. The summed E-state index contributed by atoms with van der Waals surface area (Å²) in [4.78, 5) is 34.0. The highest BCUT2D eigenvalue weighted by Crippen LogP contribution is 2.26. The lowest BCUT2D eigenvalue weighted by Gasteiger charge is -2.08. The number of hydrogen-bond donors (Lipinski definition) is 3. The van der Waals surface area contributed by atoms with E-state index in [9.17, 15) is 14.4 Å². The molecule has 6 nitrogen and oxygen atoms in total.